The summed E-state index contributed by atoms with van der Waals surface area (Å²) in [6.45, 7) is 8.26. The van der Waals surface area contributed by atoms with Crippen molar-refractivity contribution < 1.29 is 28.6 Å². The van der Waals surface area contributed by atoms with Crippen LogP contribution in [0.15, 0.2) is 264 Å². The molecule has 0 atom stereocenters. The summed E-state index contributed by atoms with van der Waals surface area (Å²) in [6, 6.07) is 82.9. The van der Waals surface area contributed by atoms with E-state index in [1.165, 1.54) is 10.8 Å². The Morgan fingerprint density at radius 2 is 0.748 bits per heavy atom. The summed E-state index contributed by atoms with van der Waals surface area (Å²) >= 11 is 32.4. The van der Waals surface area contributed by atoms with Crippen LogP contribution in [0.4, 0.5) is 10.5 Å². The van der Waals surface area contributed by atoms with Crippen molar-refractivity contribution in [1.82, 2.24) is 29.9 Å². The Morgan fingerprint density at radius 3 is 1.20 bits per heavy atom. The number of rotatable bonds is 3. The molecule has 1 aliphatic heterocycles. The number of aromatic amines is 2. The third-order valence-electron chi connectivity index (χ3n) is 18.2. The van der Waals surface area contributed by atoms with Crippen molar-refractivity contribution >= 4 is 223 Å². The van der Waals surface area contributed by atoms with Crippen LogP contribution in [0.2, 0.25) is 15.7 Å². The van der Waals surface area contributed by atoms with Crippen LogP contribution in [-0.4, -0.2) is 65.3 Å². The van der Waals surface area contributed by atoms with Crippen molar-refractivity contribution in [2.45, 2.75) is 38.9 Å². The molecule has 1 saturated heterocycles. The third kappa shape index (κ3) is 16.5. The number of anilines is 1. The van der Waals surface area contributed by atoms with Crippen LogP contribution in [0.1, 0.15) is 38.1 Å². The first-order valence-electron chi connectivity index (χ1n) is 33.1. The van der Waals surface area contributed by atoms with E-state index in [0.717, 1.165) is 109 Å². The molecule has 25 heteroatoms. The molecule has 0 aliphatic carbocycles. The van der Waals surface area contributed by atoms with Gasteiger partial charge in [-0.2, -0.15) is 0 Å². The molecular formula is C82H63BCl6N9O8P. The van der Waals surface area contributed by atoms with Crippen LogP contribution < -0.4 is 33.9 Å². The van der Waals surface area contributed by atoms with E-state index in [4.69, 9.17) is 54.6 Å². The first kappa shape index (κ1) is 75.9. The number of nitrogens with two attached hydrogens (primary N) is 3. The largest absolute Gasteiger partial charge is 0.494 e. The summed E-state index contributed by atoms with van der Waals surface area (Å²) in [6.07, 6.45) is 0. The van der Waals surface area contributed by atoms with Crippen LogP contribution in [0.25, 0.3) is 130 Å². The van der Waals surface area contributed by atoms with Crippen molar-refractivity contribution in [3.05, 3.63) is 297 Å². The number of hydrogen-bond acceptors (Lipinski definition) is 12. The number of nitrogen functional groups attached to an aromatic ring is 1. The van der Waals surface area contributed by atoms with Gasteiger partial charge in [0, 0.05) is 37.9 Å². The molecule has 107 heavy (non-hydrogen) atoms. The Hall–Kier alpha value is -10.7. The maximum Gasteiger partial charge on any atom is 0.494 e. The van der Waals surface area contributed by atoms with Gasteiger partial charge in [-0.1, -0.05) is 266 Å². The van der Waals surface area contributed by atoms with Crippen molar-refractivity contribution in [2.24, 2.45) is 11.5 Å². The summed E-state index contributed by atoms with van der Waals surface area (Å²) in [4.78, 5) is 66.9. The molecule has 534 valence electrons. The highest BCUT2D eigenvalue weighted by Gasteiger charge is 2.51. The number of benzene rings is 14. The lowest BCUT2D eigenvalue weighted by molar-refractivity contribution is 0.00578. The number of H-pyrrole nitrogens is 2. The van der Waals surface area contributed by atoms with Crippen LogP contribution in [0, 0.1) is 0 Å². The number of primary amides is 2. The average Bonchev–Trinajstić information content (AvgIpc) is 1.45. The molecule has 9 N–H and O–H groups in total. The minimum absolute atomic E-state index is 0.169. The first-order chi connectivity index (χ1) is 51.2. The van der Waals surface area contributed by atoms with Gasteiger partial charge < -0.3 is 36.6 Å². The Bertz CT molecular complexity index is 6450. The van der Waals surface area contributed by atoms with Gasteiger partial charge >= 0.3 is 30.0 Å². The Balaban J connectivity index is 0.000000122. The molecular weight excluding hydrogens is 1490 g/mol. The van der Waals surface area contributed by atoms with Gasteiger partial charge in [-0.25, -0.2) is 34.3 Å². The van der Waals surface area contributed by atoms with E-state index in [1.54, 1.807) is 6.07 Å². The van der Waals surface area contributed by atoms with Crippen LogP contribution in [0.3, 0.4) is 0 Å². The maximum atomic E-state index is 12.2. The number of carbonyl (C=O) groups is 2. The van der Waals surface area contributed by atoms with Gasteiger partial charge in [0.1, 0.15) is 5.15 Å². The molecule has 18 rings (SSSR count). The van der Waals surface area contributed by atoms with Crippen molar-refractivity contribution in [1.29, 1.82) is 0 Å². The number of aromatic nitrogens is 6. The van der Waals surface area contributed by atoms with E-state index in [-0.39, 0.29) is 40.0 Å². The number of fused-ring (bicyclic) bond motifs is 21. The summed E-state index contributed by atoms with van der Waals surface area (Å²) in [7, 11) is -0.240. The van der Waals surface area contributed by atoms with Gasteiger partial charge in [0.25, 0.3) is 5.56 Å². The quantitative estimate of drug-likeness (QED) is 0.0240. The number of hydrogen-bond donors (Lipinski definition) is 6. The van der Waals surface area contributed by atoms with Crippen LogP contribution in [-0.2, 0) is 13.9 Å². The second kappa shape index (κ2) is 32.2. The lowest BCUT2D eigenvalue weighted by Gasteiger charge is -2.32. The minimum Gasteiger partial charge on any atom is -0.478 e. The fraction of sp³-hybridized carbons (Fsp3) is 0.0732. The maximum absolute atomic E-state index is 12.2. The van der Waals surface area contributed by atoms with E-state index in [2.05, 4.69) is 170 Å². The molecule has 17 aromatic rings. The highest BCUT2D eigenvalue weighted by molar-refractivity contribution is 8.24. The minimum atomic E-state index is -3.22. The number of aromatic carboxylic acids is 1. The van der Waals surface area contributed by atoms with E-state index >= 15 is 0 Å². The zero-order valence-electron chi connectivity index (χ0n) is 57.4. The number of amides is 2. The number of carboxylic acid groups (broad SMARTS) is 1. The van der Waals surface area contributed by atoms with Crippen molar-refractivity contribution in [3.8, 4) is 11.3 Å². The van der Waals surface area contributed by atoms with E-state index in [0.29, 0.717) is 27.1 Å². The second-order valence-electron chi connectivity index (χ2n) is 25.4. The normalized spacial score (nSPS) is 12.8. The van der Waals surface area contributed by atoms with Gasteiger partial charge in [-0.3, -0.25) is 14.3 Å². The number of halogens is 6. The van der Waals surface area contributed by atoms with E-state index < -0.39 is 22.9 Å². The molecule has 1 fully saturated rings. The predicted molar refractivity (Wildman–Crippen MR) is 444 cm³/mol. The van der Waals surface area contributed by atoms with E-state index in [9.17, 15) is 24.1 Å². The van der Waals surface area contributed by atoms with Crippen molar-refractivity contribution in [3.63, 3.8) is 0 Å². The predicted octanol–water partition coefficient (Wildman–Crippen LogP) is 21.1. The molecule has 0 spiro atoms. The molecule has 17 nitrogen and oxygen atoms in total. The average molecular weight is 1560 g/mol. The summed E-state index contributed by atoms with van der Waals surface area (Å²) in [5.41, 5.74) is 18.9. The van der Waals surface area contributed by atoms with Gasteiger partial charge in [0.05, 0.1) is 50.1 Å². The molecule has 4 heterocycles. The molecule has 0 radical (unpaired) electrons. The van der Waals surface area contributed by atoms with Gasteiger partial charge in [-0.05, 0) is 155 Å². The Morgan fingerprint density at radius 1 is 0.430 bits per heavy atom. The van der Waals surface area contributed by atoms with Crippen LogP contribution >= 0.6 is 73.7 Å². The number of urea groups is 1. The summed E-state index contributed by atoms with van der Waals surface area (Å²) in [5, 5.41) is 25.5. The molecule has 0 bridgehead atoms. The molecule has 0 unspecified atom stereocenters. The second-order valence-corrected chi connectivity index (χ2v) is 33.0. The van der Waals surface area contributed by atoms with Gasteiger partial charge in [0.15, 0.2) is 0 Å². The number of carboxylic acids is 1. The van der Waals surface area contributed by atoms with Gasteiger partial charge in [-0.15, -0.1) is 0 Å². The van der Waals surface area contributed by atoms with Gasteiger partial charge in [0.2, 0.25) is 10.6 Å². The SMILES string of the molecule is CC1(C)OB(c2ccccc2)OC1(C)C.Clc1nc(-c2ccccc2)c2c3ccccc3c3ccccc3c2n1.Clc1nc(Cl)c2c3ccccc3c3ccccc3c2n1.NC(N)=O.Nc1c(C(=O)O)c2ccccc2c2ccccc12.O=P(Cl)(Cl)Cl.O=c1[nH]c(=O)c2c3ccccc3c3ccccc3c2[nH]1. The molecule has 14 aromatic carbocycles. The third-order valence-corrected chi connectivity index (χ3v) is 18.9. The monoisotopic (exact) mass is 1550 g/mol. The topological polar surface area (TPSA) is 285 Å². The Labute approximate surface area is 641 Å². The number of nitrogens with zero attached hydrogens (tertiary/aromatic N) is 4. The lowest BCUT2D eigenvalue weighted by Crippen LogP contribution is -2.41. The fourth-order valence-electron chi connectivity index (χ4n) is 13.1. The first-order valence-corrected chi connectivity index (χ1v) is 38.6. The zero-order chi connectivity index (χ0) is 76.1. The van der Waals surface area contributed by atoms with Crippen LogP contribution in [0.5, 0.6) is 0 Å². The molecule has 0 saturated carbocycles. The Kier molecular flexibility index (Phi) is 22.8. The molecule has 3 aromatic heterocycles. The highest BCUT2D eigenvalue weighted by Crippen LogP contribution is 2.61. The summed E-state index contributed by atoms with van der Waals surface area (Å²) in [5.74, 6) is -0.991. The lowest BCUT2D eigenvalue weighted by atomic mass is 9.79. The zero-order valence-corrected chi connectivity index (χ0v) is 62.8. The smallest absolute Gasteiger partial charge is 0.478 e. The number of nitrogens with one attached hydrogen (secondary N) is 2. The number of carbonyl (C=O) groups excluding carboxylic acids is 1. The summed E-state index contributed by atoms with van der Waals surface area (Å²) < 4.78 is 21.4. The van der Waals surface area contributed by atoms with Crippen molar-refractivity contribution in [2.75, 3.05) is 5.73 Å². The standard InChI is InChI=1S/C22H13ClN2.C16H8Cl2N2.C16H10N2O2.C15H11NO2.C12H17BO2.CH4N2O.Cl3OP/c23-22-24-20(14-8-2-1-3-9-14)19-17-12-6-4-10-15(17)16-11-5-7-13-18(16)21(19)25-22;17-15-13-11-7-3-1-5-9(11)10-6-2-4-8-12(10)14(13)19-16(18)20-15;19-15-13-11-7-3-1-5-9(11)10-6-2-4-8-12(10)14(13)17-16(20)18-15;16-14-12-8-4-2-6-10(12)9-5-1-3-7-11(9)13(14)15(17)18;1-11(2)12(3,4)15-13(14-11)10-8-6-5-7-9-10;2-1(3)4;1-5(2,3)4/h1-13H;1-8H;1-8H,(H2,17,18,19,20);1-8H,16H2,(H,17,18);5-9H,1-4H3;(H4,2,3,4);. The molecule has 1 aliphatic rings. The van der Waals surface area contributed by atoms with E-state index in [1.807, 2.05) is 182 Å². The molecule has 2 amide bonds. The fourth-order valence-corrected chi connectivity index (χ4v) is 13.7. The highest BCUT2D eigenvalue weighted by atomic mass is 36.0.